The highest BCUT2D eigenvalue weighted by Crippen LogP contribution is 2.34. The summed E-state index contributed by atoms with van der Waals surface area (Å²) in [5.74, 6) is 1.58. The molecule has 1 atom stereocenters. The molecule has 3 aromatic heterocycles. The molecule has 0 spiro atoms. The summed E-state index contributed by atoms with van der Waals surface area (Å²) in [7, 11) is 1.60. The van der Waals surface area contributed by atoms with Crippen LogP contribution < -0.4 is 10.1 Å². The van der Waals surface area contributed by atoms with Crippen molar-refractivity contribution < 1.29 is 18.7 Å². The number of carbonyl (C=O) groups excluding carboxylic acids is 2. The summed E-state index contributed by atoms with van der Waals surface area (Å²) in [6, 6.07) is 7.48. The molecule has 8 nitrogen and oxygen atoms in total. The summed E-state index contributed by atoms with van der Waals surface area (Å²) in [6.07, 6.45) is 7.68. The van der Waals surface area contributed by atoms with Crippen molar-refractivity contribution in [3.63, 3.8) is 0 Å². The summed E-state index contributed by atoms with van der Waals surface area (Å²) in [5.41, 5.74) is 3.34. The Kier molecular flexibility index (Phi) is 5.96. The van der Waals surface area contributed by atoms with Gasteiger partial charge in [0.1, 0.15) is 22.6 Å². The number of carbonyl (C=O) groups is 2. The van der Waals surface area contributed by atoms with E-state index in [-0.39, 0.29) is 17.9 Å². The van der Waals surface area contributed by atoms with Gasteiger partial charge in [-0.1, -0.05) is 6.92 Å². The van der Waals surface area contributed by atoms with Crippen molar-refractivity contribution in [1.29, 1.82) is 0 Å². The zero-order chi connectivity index (χ0) is 24.7. The molecule has 1 fully saturated rings. The standard InChI is InChI=1S/C27H30N4O4/c1-5-18-8-6-7-13-30(18)27(33)21-15-31-25(16(21)2)22(11-12-29-31)35-19-9-10-20-23(14-19)34-17(3)24(20)26(32)28-4/h9-12,14-15,18H,5-8,13H2,1-4H3,(H,28,32). The highest BCUT2D eigenvalue weighted by atomic mass is 16.5. The van der Waals surface area contributed by atoms with E-state index in [0.29, 0.717) is 34.0 Å². The van der Waals surface area contributed by atoms with E-state index in [1.54, 1.807) is 43.0 Å². The number of rotatable bonds is 5. The van der Waals surface area contributed by atoms with Crippen LogP contribution in [0.3, 0.4) is 0 Å². The van der Waals surface area contributed by atoms with E-state index < -0.39 is 0 Å². The third kappa shape index (κ3) is 3.92. The zero-order valence-corrected chi connectivity index (χ0v) is 20.6. The van der Waals surface area contributed by atoms with Crippen molar-refractivity contribution in [2.24, 2.45) is 0 Å². The highest BCUT2D eigenvalue weighted by molar-refractivity contribution is 6.07. The molecule has 0 aliphatic carbocycles. The van der Waals surface area contributed by atoms with E-state index in [0.717, 1.165) is 42.3 Å². The number of hydrogen-bond donors (Lipinski definition) is 1. The van der Waals surface area contributed by atoms with Crippen molar-refractivity contribution in [2.45, 2.75) is 52.5 Å². The van der Waals surface area contributed by atoms with Crippen LogP contribution in [0.2, 0.25) is 0 Å². The first-order valence-electron chi connectivity index (χ1n) is 12.1. The average molecular weight is 475 g/mol. The maximum absolute atomic E-state index is 13.5. The number of furan rings is 1. The van der Waals surface area contributed by atoms with E-state index in [2.05, 4.69) is 17.3 Å². The Morgan fingerprint density at radius 1 is 1.23 bits per heavy atom. The number of likely N-dealkylation sites (tertiary alicyclic amines) is 1. The summed E-state index contributed by atoms with van der Waals surface area (Å²) in [5, 5.41) is 7.81. The van der Waals surface area contributed by atoms with Crippen LogP contribution in [-0.4, -0.2) is 46.0 Å². The second-order valence-electron chi connectivity index (χ2n) is 9.09. The van der Waals surface area contributed by atoms with Gasteiger partial charge >= 0.3 is 0 Å². The van der Waals surface area contributed by atoms with Crippen molar-refractivity contribution >= 4 is 28.3 Å². The number of piperidine rings is 1. The molecule has 4 aromatic rings. The second kappa shape index (κ2) is 9.09. The van der Waals surface area contributed by atoms with E-state index in [1.807, 2.05) is 24.0 Å². The fourth-order valence-electron chi connectivity index (χ4n) is 5.17. The summed E-state index contributed by atoms with van der Waals surface area (Å²) in [6.45, 7) is 6.64. The van der Waals surface area contributed by atoms with Crippen LogP contribution in [0.15, 0.2) is 41.1 Å². The third-order valence-corrected chi connectivity index (χ3v) is 7.00. The third-order valence-electron chi connectivity index (χ3n) is 7.00. The van der Waals surface area contributed by atoms with Crippen LogP contribution in [0.1, 0.15) is 64.6 Å². The Labute approximate surface area is 203 Å². The van der Waals surface area contributed by atoms with Gasteiger partial charge in [0.2, 0.25) is 0 Å². The minimum Gasteiger partial charge on any atom is -0.460 e. The van der Waals surface area contributed by atoms with Crippen molar-refractivity contribution in [1.82, 2.24) is 19.8 Å². The van der Waals surface area contributed by atoms with Gasteiger partial charge in [-0.15, -0.1) is 0 Å². The first kappa shape index (κ1) is 23.0. The molecule has 1 N–H and O–H groups in total. The molecule has 4 heterocycles. The minimum absolute atomic E-state index is 0.0553. The fraction of sp³-hybridized carbons (Fsp3) is 0.370. The van der Waals surface area contributed by atoms with Crippen LogP contribution in [0.5, 0.6) is 11.5 Å². The lowest BCUT2D eigenvalue weighted by atomic mass is 9.98. The molecule has 1 saturated heterocycles. The number of aryl methyl sites for hydroxylation is 2. The van der Waals surface area contributed by atoms with E-state index in [1.165, 1.54) is 6.42 Å². The van der Waals surface area contributed by atoms with Crippen LogP contribution in [0, 0.1) is 13.8 Å². The first-order valence-corrected chi connectivity index (χ1v) is 12.1. The van der Waals surface area contributed by atoms with Gasteiger partial charge in [0.15, 0.2) is 5.75 Å². The molecule has 1 aliphatic rings. The number of nitrogens with zero attached hydrogens (tertiary/aromatic N) is 3. The molecule has 35 heavy (non-hydrogen) atoms. The number of aromatic nitrogens is 2. The van der Waals surface area contributed by atoms with Gasteiger partial charge in [0.05, 0.1) is 17.3 Å². The minimum atomic E-state index is -0.189. The molecular weight excluding hydrogens is 444 g/mol. The Morgan fingerprint density at radius 2 is 2.06 bits per heavy atom. The second-order valence-corrected chi connectivity index (χ2v) is 9.09. The monoisotopic (exact) mass is 474 g/mol. The first-order chi connectivity index (χ1) is 16.9. The van der Waals surface area contributed by atoms with Gasteiger partial charge in [-0.05, 0) is 57.2 Å². The number of hydrogen-bond acceptors (Lipinski definition) is 5. The predicted octanol–water partition coefficient (Wildman–Crippen LogP) is 5.25. The van der Waals surface area contributed by atoms with Gasteiger partial charge in [0.25, 0.3) is 11.8 Å². The molecule has 1 aliphatic heterocycles. The maximum atomic E-state index is 13.5. The Balaban J connectivity index is 1.50. The molecule has 8 heteroatoms. The van der Waals surface area contributed by atoms with Crippen LogP contribution in [-0.2, 0) is 0 Å². The lowest BCUT2D eigenvalue weighted by molar-refractivity contribution is 0.0607. The van der Waals surface area contributed by atoms with Gasteiger partial charge in [0, 0.05) is 43.4 Å². The largest absolute Gasteiger partial charge is 0.460 e. The van der Waals surface area contributed by atoms with Crippen LogP contribution in [0.25, 0.3) is 16.5 Å². The van der Waals surface area contributed by atoms with Gasteiger partial charge in [-0.25, -0.2) is 4.52 Å². The lowest BCUT2D eigenvalue weighted by Gasteiger charge is -2.35. The van der Waals surface area contributed by atoms with Crippen molar-refractivity contribution in [3.8, 4) is 11.5 Å². The van der Waals surface area contributed by atoms with Gasteiger partial charge in [-0.3, -0.25) is 9.59 Å². The van der Waals surface area contributed by atoms with Gasteiger partial charge < -0.3 is 19.4 Å². The molecule has 1 aromatic carbocycles. The molecule has 182 valence electrons. The zero-order valence-electron chi connectivity index (χ0n) is 20.6. The van der Waals surface area contributed by atoms with E-state index in [9.17, 15) is 9.59 Å². The molecule has 2 amide bonds. The SMILES string of the molecule is CCC1CCCCN1C(=O)c1cn2nccc(Oc3ccc4c(C(=O)NC)c(C)oc4c3)c2c1C. The van der Waals surface area contributed by atoms with E-state index in [4.69, 9.17) is 9.15 Å². The fourth-order valence-corrected chi connectivity index (χ4v) is 5.17. The smallest absolute Gasteiger partial charge is 0.256 e. The number of benzene rings is 1. The average Bonchev–Trinajstić information content (AvgIpc) is 3.39. The van der Waals surface area contributed by atoms with Crippen LogP contribution >= 0.6 is 0 Å². The van der Waals surface area contributed by atoms with Crippen molar-refractivity contribution in [2.75, 3.05) is 13.6 Å². The number of nitrogens with one attached hydrogen (secondary N) is 1. The Morgan fingerprint density at radius 3 is 2.83 bits per heavy atom. The quantitative estimate of drug-likeness (QED) is 0.427. The topological polar surface area (TPSA) is 89.1 Å². The van der Waals surface area contributed by atoms with Gasteiger partial charge in [-0.2, -0.15) is 5.10 Å². The number of amides is 2. The van der Waals surface area contributed by atoms with Crippen molar-refractivity contribution in [3.05, 3.63) is 59.1 Å². The molecular formula is C27H30N4O4. The molecule has 1 unspecified atom stereocenters. The molecule has 5 rings (SSSR count). The maximum Gasteiger partial charge on any atom is 0.256 e. The normalized spacial score (nSPS) is 16.1. The Bertz CT molecular complexity index is 1430. The molecule has 0 radical (unpaired) electrons. The summed E-state index contributed by atoms with van der Waals surface area (Å²) < 4.78 is 13.8. The highest BCUT2D eigenvalue weighted by Gasteiger charge is 2.29. The van der Waals surface area contributed by atoms with Crippen LogP contribution in [0.4, 0.5) is 0 Å². The number of ether oxygens (including phenoxy) is 1. The lowest BCUT2D eigenvalue weighted by Crippen LogP contribution is -2.43. The summed E-state index contributed by atoms with van der Waals surface area (Å²) in [4.78, 5) is 27.7. The molecule has 0 saturated carbocycles. The van der Waals surface area contributed by atoms with E-state index >= 15 is 0 Å². The predicted molar refractivity (Wildman–Crippen MR) is 133 cm³/mol. The Hall–Kier alpha value is -3.81. The summed E-state index contributed by atoms with van der Waals surface area (Å²) >= 11 is 0. The number of fused-ring (bicyclic) bond motifs is 2. The molecule has 0 bridgehead atoms.